The summed E-state index contributed by atoms with van der Waals surface area (Å²) in [6.07, 6.45) is 0.784. The fourth-order valence-corrected chi connectivity index (χ4v) is 4.61. The van der Waals surface area contributed by atoms with Gasteiger partial charge >= 0.3 is 0 Å². The molecular weight excluding hydrogens is 404 g/mol. The summed E-state index contributed by atoms with van der Waals surface area (Å²) >= 11 is 3.18. The van der Waals surface area contributed by atoms with E-state index in [9.17, 15) is 9.59 Å². The van der Waals surface area contributed by atoms with E-state index in [0.29, 0.717) is 0 Å². The first-order valence-corrected chi connectivity index (χ1v) is 10.2. The fraction of sp³-hybridized carbons (Fsp3) is 0.364. The maximum absolute atomic E-state index is 12.5. The van der Waals surface area contributed by atoms with E-state index in [1.807, 2.05) is 41.3 Å². The van der Waals surface area contributed by atoms with Crippen LogP contribution in [0.4, 0.5) is 11.4 Å². The first-order valence-electron chi connectivity index (χ1n) is 9.06. The van der Waals surface area contributed by atoms with Gasteiger partial charge in [0.1, 0.15) is 0 Å². The maximum atomic E-state index is 12.5. The average Bonchev–Trinajstić information content (AvgIpc) is 2.61. The molecule has 3 rings (SSSR count). The summed E-state index contributed by atoms with van der Waals surface area (Å²) in [5.41, 5.74) is 3.29. The molecule has 5 heteroatoms. The van der Waals surface area contributed by atoms with Crippen LogP contribution in [-0.4, -0.2) is 22.7 Å². The minimum absolute atomic E-state index is 0.0219. The van der Waals surface area contributed by atoms with Crippen molar-refractivity contribution in [3.8, 4) is 0 Å². The Bertz CT molecular complexity index is 879. The van der Waals surface area contributed by atoms with Gasteiger partial charge in [-0.1, -0.05) is 53.2 Å². The van der Waals surface area contributed by atoms with Gasteiger partial charge in [-0.05, 0) is 49.6 Å². The van der Waals surface area contributed by atoms with Crippen LogP contribution >= 0.6 is 15.9 Å². The number of benzene rings is 2. The SMILES string of the molecule is CC(=O)N1c2ccc(NC(=O)CBr)cc2C(C)(c2ccccc2)CC1(C)C. The molecule has 1 N–H and O–H groups in total. The Morgan fingerprint density at radius 3 is 2.37 bits per heavy atom. The van der Waals surface area contributed by atoms with Crippen molar-refractivity contribution >= 4 is 39.1 Å². The number of carbonyl (C=O) groups is 2. The number of anilines is 2. The molecule has 0 bridgehead atoms. The average molecular weight is 429 g/mol. The van der Waals surface area contributed by atoms with Gasteiger partial charge in [0, 0.05) is 29.3 Å². The first kappa shape index (κ1) is 19.6. The van der Waals surface area contributed by atoms with Crippen LogP contribution in [0.1, 0.15) is 45.2 Å². The van der Waals surface area contributed by atoms with Crippen LogP contribution in [-0.2, 0) is 15.0 Å². The van der Waals surface area contributed by atoms with Crippen molar-refractivity contribution in [2.75, 3.05) is 15.5 Å². The standard InChI is InChI=1S/C22H25BrN2O2/c1-15(26)25-19-11-10-17(24-20(27)13-23)12-18(19)22(4,14-21(25,2)3)16-8-6-5-7-9-16/h5-12H,13-14H2,1-4H3,(H,24,27). The lowest BCUT2D eigenvalue weighted by molar-refractivity contribution is -0.118. The topological polar surface area (TPSA) is 49.4 Å². The molecule has 2 aromatic carbocycles. The Morgan fingerprint density at radius 1 is 1.11 bits per heavy atom. The molecule has 0 aromatic heterocycles. The third-order valence-corrected chi connectivity index (χ3v) is 5.86. The summed E-state index contributed by atoms with van der Waals surface area (Å²) in [5, 5.41) is 3.15. The third kappa shape index (κ3) is 3.53. The summed E-state index contributed by atoms with van der Waals surface area (Å²) in [6.45, 7) is 8.05. The Hall–Kier alpha value is -2.14. The Balaban J connectivity index is 2.23. The number of halogens is 1. The van der Waals surface area contributed by atoms with Crippen molar-refractivity contribution in [3.05, 3.63) is 59.7 Å². The van der Waals surface area contributed by atoms with Gasteiger partial charge in [-0.25, -0.2) is 0 Å². The molecule has 2 aromatic rings. The molecule has 0 saturated heterocycles. The van der Waals surface area contributed by atoms with Crippen LogP contribution in [0.5, 0.6) is 0 Å². The number of nitrogens with one attached hydrogen (secondary N) is 1. The van der Waals surface area contributed by atoms with Crippen LogP contribution in [0.15, 0.2) is 48.5 Å². The Kier molecular flexibility index (Phi) is 5.17. The Morgan fingerprint density at radius 2 is 1.78 bits per heavy atom. The minimum Gasteiger partial charge on any atom is -0.325 e. The monoisotopic (exact) mass is 428 g/mol. The molecule has 0 spiro atoms. The Labute approximate surface area is 169 Å². The summed E-state index contributed by atoms with van der Waals surface area (Å²) in [5.74, 6) is -0.0791. The van der Waals surface area contributed by atoms with Crippen molar-refractivity contribution in [1.29, 1.82) is 0 Å². The van der Waals surface area contributed by atoms with Crippen molar-refractivity contribution in [2.24, 2.45) is 0 Å². The van der Waals surface area contributed by atoms with Gasteiger partial charge in [-0.15, -0.1) is 0 Å². The molecule has 4 nitrogen and oxygen atoms in total. The van der Waals surface area contributed by atoms with E-state index in [4.69, 9.17) is 0 Å². The zero-order chi connectivity index (χ0) is 19.8. The van der Waals surface area contributed by atoms with E-state index in [2.05, 4.69) is 54.2 Å². The zero-order valence-electron chi connectivity index (χ0n) is 16.2. The molecule has 1 aliphatic rings. The smallest absolute Gasteiger partial charge is 0.235 e. The minimum atomic E-state index is -0.329. The van der Waals surface area contributed by atoms with E-state index < -0.39 is 0 Å². The van der Waals surface area contributed by atoms with E-state index in [0.717, 1.165) is 23.4 Å². The molecule has 142 valence electrons. The van der Waals surface area contributed by atoms with Crippen LogP contribution in [0.3, 0.4) is 0 Å². The highest BCUT2D eigenvalue weighted by atomic mass is 79.9. The highest BCUT2D eigenvalue weighted by Gasteiger charge is 2.47. The number of amides is 2. The predicted octanol–water partition coefficient (Wildman–Crippen LogP) is 4.86. The fourth-order valence-electron chi connectivity index (χ4n) is 4.47. The van der Waals surface area contributed by atoms with E-state index >= 15 is 0 Å². The highest BCUT2D eigenvalue weighted by Crippen LogP contribution is 2.51. The van der Waals surface area contributed by atoms with Crippen molar-refractivity contribution < 1.29 is 9.59 Å². The largest absolute Gasteiger partial charge is 0.325 e. The number of hydrogen-bond acceptors (Lipinski definition) is 2. The van der Waals surface area contributed by atoms with Gasteiger partial charge in [0.2, 0.25) is 11.8 Å². The molecule has 1 aliphatic heterocycles. The van der Waals surface area contributed by atoms with Crippen LogP contribution in [0.25, 0.3) is 0 Å². The molecule has 0 fully saturated rings. The number of fused-ring (bicyclic) bond motifs is 1. The van der Waals surface area contributed by atoms with Gasteiger partial charge in [-0.3, -0.25) is 9.59 Å². The molecule has 1 heterocycles. The van der Waals surface area contributed by atoms with Crippen molar-refractivity contribution in [1.82, 2.24) is 0 Å². The van der Waals surface area contributed by atoms with Crippen molar-refractivity contribution in [2.45, 2.75) is 45.1 Å². The highest BCUT2D eigenvalue weighted by molar-refractivity contribution is 9.09. The van der Waals surface area contributed by atoms with E-state index in [1.165, 1.54) is 5.56 Å². The molecule has 0 aliphatic carbocycles. The number of alkyl halides is 1. The maximum Gasteiger partial charge on any atom is 0.235 e. The molecule has 27 heavy (non-hydrogen) atoms. The number of carbonyl (C=O) groups excluding carboxylic acids is 2. The summed E-state index contributed by atoms with van der Waals surface area (Å²) < 4.78 is 0. The molecule has 0 radical (unpaired) electrons. The molecular formula is C22H25BrN2O2. The van der Waals surface area contributed by atoms with Crippen LogP contribution in [0, 0.1) is 0 Å². The number of rotatable bonds is 3. The van der Waals surface area contributed by atoms with Crippen LogP contribution < -0.4 is 10.2 Å². The normalized spacial score (nSPS) is 20.7. The van der Waals surface area contributed by atoms with Gasteiger partial charge in [0.15, 0.2) is 0 Å². The lowest BCUT2D eigenvalue weighted by Crippen LogP contribution is -2.55. The zero-order valence-corrected chi connectivity index (χ0v) is 17.8. The van der Waals surface area contributed by atoms with Gasteiger partial charge in [0.25, 0.3) is 0 Å². The van der Waals surface area contributed by atoms with E-state index in [1.54, 1.807) is 6.92 Å². The first-order chi connectivity index (χ1) is 12.7. The van der Waals surface area contributed by atoms with Gasteiger partial charge in [-0.2, -0.15) is 0 Å². The van der Waals surface area contributed by atoms with Crippen molar-refractivity contribution in [3.63, 3.8) is 0 Å². The molecule has 1 unspecified atom stereocenters. The summed E-state index contributed by atoms with van der Waals surface area (Å²) in [7, 11) is 0. The third-order valence-electron chi connectivity index (χ3n) is 5.35. The van der Waals surface area contributed by atoms with Crippen LogP contribution in [0.2, 0.25) is 0 Å². The van der Waals surface area contributed by atoms with Gasteiger partial charge < -0.3 is 10.2 Å². The van der Waals surface area contributed by atoms with E-state index in [-0.39, 0.29) is 28.1 Å². The molecule has 1 atom stereocenters. The molecule has 0 saturated carbocycles. The quantitative estimate of drug-likeness (QED) is 0.709. The second kappa shape index (κ2) is 7.12. The summed E-state index contributed by atoms with van der Waals surface area (Å²) in [4.78, 5) is 26.2. The second-order valence-corrected chi connectivity index (χ2v) is 8.52. The predicted molar refractivity (Wildman–Crippen MR) is 114 cm³/mol. The number of hydrogen-bond donors (Lipinski definition) is 1. The summed E-state index contributed by atoms with van der Waals surface area (Å²) in [6, 6.07) is 16.2. The molecule has 2 amide bonds. The lowest BCUT2D eigenvalue weighted by Gasteiger charge is -2.51. The van der Waals surface area contributed by atoms with Gasteiger partial charge in [0.05, 0.1) is 5.33 Å². The number of nitrogens with zero attached hydrogens (tertiary/aromatic N) is 1. The second-order valence-electron chi connectivity index (χ2n) is 7.96. The lowest BCUT2D eigenvalue weighted by atomic mass is 9.65.